The molecular formula is C28H38N4O3S. The molecule has 2 saturated heterocycles. The highest BCUT2D eigenvalue weighted by molar-refractivity contribution is 7.98. The molecule has 1 aromatic carbocycles. The number of hydrogen-bond donors (Lipinski definition) is 0. The van der Waals surface area contributed by atoms with Crippen molar-refractivity contribution >= 4 is 29.5 Å². The molecule has 1 amide bonds. The van der Waals surface area contributed by atoms with Crippen LogP contribution < -0.4 is 4.90 Å². The van der Waals surface area contributed by atoms with Gasteiger partial charge in [0.05, 0.1) is 18.2 Å². The van der Waals surface area contributed by atoms with Crippen LogP contribution in [0.25, 0.3) is 0 Å². The first kappa shape index (κ1) is 26.5. The van der Waals surface area contributed by atoms with Gasteiger partial charge < -0.3 is 14.5 Å². The average Bonchev–Trinajstić information content (AvgIpc) is 3.42. The molecule has 8 heteroatoms. The van der Waals surface area contributed by atoms with E-state index in [0.29, 0.717) is 31.0 Å². The molecule has 0 unspecified atom stereocenters. The molecule has 0 N–H and O–H groups in total. The van der Waals surface area contributed by atoms with Crippen molar-refractivity contribution in [1.82, 2.24) is 14.9 Å². The molecule has 2 fully saturated rings. The van der Waals surface area contributed by atoms with Crippen molar-refractivity contribution in [1.29, 1.82) is 0 Å². The monoisotopic (exact) mass is 510 g/mol. The Labute approximate surface area is 219 Å². The summed E-state index contributed by atoms with van der Waals surface area (Å²) in [5.41, 5.74) is 2.69. The minimum absolute atomic E-state index is 0.0295. The van der Waals surface area contributed by atoms with Crippen LogP contribution in [0.3, 0.4) is 0 Å². The molecule has 0 radical (unpaired) electrons. The number of ether oxygens (including phenoxy) is 1. The number of esters is 1. The van der Waals surface area contributed by atoms with Crippen molar-refractivity contribution in [3.05, 3.63) is 47.2 Å². The van der Waals surface area contributed by atoms with E-state index in [0.717, 1.165) is 48.2 Å². The Morgan fingerprint density at radius 3 is 2.58 bits per heavy atom. The van der Waals surface area contributed by atoms with E-state index < -0.39 is 0 Å². The first-order valence-corrected chi connectivity index (χ1v) is 14.1. The minimum Gasteiger partial charge on any atom is -0.466 e. The number of nitrogens with zero attached hydrogens (tertiary/aromatic N) is 4. The number of carbonyl (C=O) groups excluding carboxylic acids is 2. The van der Waals surface area contributed by atoms with Crippen LogP contribution in [-0.4, -0.2) is 59.5 Å². The number of rotatable bonds is 7. The largest absolute Gasteiger partial charge is 0.466 e. The zero-order valence-electron chi connectivity index (χ0n) is 22.0. The molecule has 0 bridgehead atoms. The molecule has 194 valence electrons. The molecule has 2 aliphatic heterocycles. The van der Waals surface area contributed by atoms with Crippen LogP contribution in [0, 0.1) is 5.92 Å². The van der Waals surface area contributed by atoms with Gasteiger partial charge in [-0.15, -0.1) is 0 Å². The average molecular weight is 511 g/mol. The van der Waals surface area contributed by atoms with E-state index in [1.54, 1.807) is 16.7 Å². The van der Waals surface area contributed by atoms with Gasteiger partial charge in [0.15, 0.2) is 5.16 Å². The summed E-state index contributed by atoms with van der Waals surface area (Å²) in [4.78, 5) is 39.3. The van der Waals surface area contributed by atoms with Gasteiger partial charge in [-0.25, -0.2) is 9.97 Å². The molecule has 0 spiro atoms. The van der Waals surface area contributed by atoms with E-state index in [2.05, 4.69) is 31.7 Å². The maximum absolute atomic E-state index is 13.2. The Kier molecular flexibility index (Phi) is 8.54. The number of carbonyl (C=O) groups is 2. The molecule has 0 saturated carbocycles. The Hall–Kier alpha value is -2.61. The zero-order valence-corrected chi connectivity index (χ0v) is 22.8. The number of amides is 1. The molecule has 36 heavy (non-hydrogen) atoms. The number of piperidine rings is 1. The highest BCUT2D eigenvalue weighted by Crippen LogP contribution is 2.30. The SMILES string of the molecule is CCOC(=O)[C@@H]1CCCN(C(=O)c2cccc(CSc3nc(N4CCCC4)cc(C(C)(C)C)n3)c2)C1. The summed E-state index contributed by atoms with van der Waals surface area (Å²) >= 11 is 1.61. The lowest BCUT2D eigenvalue weighted by molar-refractivity contribution is -0.149. The van der Waals surface area contributed by atoms with Crippen LogP contribution in [0.2, 0.25) is 0 Å². The van der Waals surface area contributed by atoms with Crippen molar-refractivity contribution in [2.24, 2.45) is 5.92 Å². The Bertz CT molecular complexity index is 1080. The minimum atomic E-state index is -0.238. The normalized spacial score (nSPS) is 18.4. The van der Waals surface area contributed by atoms with Gasteiger partial charge in [0.1, 0.15) is 5.82 Å². The lowest BCUT2D eigenvalue weighted by Gasteiger charge is -2.31. The van der Waals surface area contributed by atoms with Crippen molar-refractivity contribution in [3.8, 4) is 0 Å². The molecule has 4 rings (SSSR count). The van der Waals surface area contributed by atoms with E-state index >= 15 is 0 Å². The van der Waals surface area contributed by atoms with Gasteiger partial charge in [-0.05, 0) is 50.3 Å². The summed E-state index contributed by atoms with van der Waals surface area (Å²) < 4.78 is 5.18. The lowest BCUT2D eigenvalue weighted by Crippen LogP contribution is -2.42. The number of thioether (sulfide) groups is 1. The van der Waals surface area contributed by atoms with Gasteiger partial charge in [0, 0.05) is 49.0 Å². The van der Waals surface area contributed by atoms with Crippen LogP contribution in [0.15, 0.2) is 35.5 Å². The zero-order chi connectivity index (χ0) is 25.7. The quantitative estimate of drug-likeness (QED) is 0.292. The van der Waals surface area contributed by atoms with Crippen LogP contribution in [-0.2, 0) is 20.7 Å². The third-order valence-electron chi connectivity index (χ3n) is 6.76. The first-order valence-electron chi connectivity index (χ1n) is 13.1. The summed E-state index contributed by atoms with van der Waals surface area (Å²) in [6, 6.07) is 9.91. The molecule has 7 nitrogen and oxygen atoms in total. The molecule has 1 atom stereocenters. The summed E-state index contributed by atoms with van der Waals surface area (Å²) in [6.45, 7) is 11.9. The van der Waals surface area contributed by atoms with Crippen LogP contribution >= 0.6 is 11.8 Å². The molecule has 3 heterocycles. The maximum atomic E-state index is 13.2. The summed E-state index contributed by atoms with van der Waals surface area (Å²) in [6.07, 6.45) is 3.99. The Morgan fingerprint density at radius 2 is 1.86 bits per heavy atom. The van der Waals surface area contributed by atoms with Crippen molar-refractivity contribution in [2.45, 2.75) is 69.7 Å². The second-order valence-corrected chi connectivity index (χ2v) is 11.6. The maximum Gasteiger partial charge on any atom is 0.310 e. The van der Waals surface area contributed by atoms with Gasteiger partial charge in [-0.2, -0.15) is 0 Å². The van der Waals surface area contributed by atoms with E-state index in [9.17, 15) is 9.59 Å². The number of benzene rings is 1. The first-order chi connectivity index (χ1) is 17.2. The summed E-state index contributed by atoms with van der Waals surface area (Å²) in [5.74, 6) is 1.22. The van der Waals surface area contributed by atoms with Crippen LogP contribution in [0.1, 0.15) is 75.0 Å². The third kappa shape index (κ3) is 6.58. The number of hydrogen-bond acceptors (Lipinski definition) is 7. The number of aromatic nitrogens is 2. The topological polar surface area (TPSA) is 75.6 Å². The lowest BCUT2D eigenvalue weighted by atomic mass is 9.92. The molecule has 2 aliphatic rings. The fraction of sp³-hybridized carbons (Fsp3) is 0.571. The van der Waals surface area contributed by atoms with Crippen molar-refractivity contribution in [3.63, 3.8) is 0 Å². The highest BCUT2D eigenvalue weighted by atomic mass is 32.2. The second kappa shape index (κ2) is 11.6. The predicted molar refractivity (Wildman–Crippen MR) is 143 cm³/mol. The molecular weight excluding hydrogens is 472 g/mol. The fourth-order valence-electron chi connectivity index (χ4n) is 4.71. The molecule has 0 aliphatic carbocycles. The van der Waals surface area contributed by atoms with Gasteiger partial charge in [0.25, 0.3) is 5.91 Å². The smallest absolute Gasteiger partial charge is 0.310 e. The fourth-order valence-corrected chi connectivity index (χ4v) is 5.50. The van der Waals surface area contributed by atoms with Gasteiger partial charge >= 0.3 is 5.97 Å². The van der Waals surface area contributed by atoms with E-state index in [1.807, 2.05) is 31.2 Å². The van der Waals surface area contributed by atoms with Gasteiger partial charge in [0.2, 0.25) is 0 Å². The number of likely N-dealkylation sites (tertiary alicyclic amines) is 1. The molecule has 1 aromatic heterocycles. The summed E-state index contributed by atoms with van der Waals surface area (Å²) in [7, 11) is 0. The van der Waals surface area contributed by atoms with E-state index in [4.69, 9.17) is 14.7 Å². The van der Waals surface area contributed by atoms with E-state index in [1.165, 1.54) is 12.8 Å². The van der Waals surface area contributed by atoms with E-state index in [-0.39, 0.29) is 23.2 Å². The van der Waals surface area contributed by atoms with Crippen molar-refractivity contribution < 1.29 is 14.3 Å². The third-order valence-corrected chi connectivity index (χ3v) is 7.68. The predicted octanol–water partition coefficient (Wildman–Crippen LogP) is 5.08. The molecule has 2 aromatic rings. The highest BCUT2D eigenvalue weighted by Gasteiger charge is 2.30. The van der Waals surface area contributed by atoms with Crippen LogP contribution in [0.4, 0.5) is 5.82 Å². The Morgan fingerprint density at radius 1 is 1.08 bits per heavy atom. The summed E-state index contributed by atoms with van der Waals surface area (Å²) in [5, 5.41) is 0.773. The second-order valence-electron chi connectivity index (χ2n) is 10.7. The Balaban J connectivity index is 1.45. The van der Waals surface area contributed by atoms with Crippen LogP contribution in [0.5, 0.6) is 0 Å². The van der Waals surface area contributed by atoms with Gasteiger partial charge in [-0.3, -0.25) is 9.59 Å². The van der Waals surface area contributed by atoms with Gasteiger partial charge in [-0.1, -0.05) is 44.7 Å². The standard InChI is InChI=1S/C28H38N4O3S/c1-5-35-26(34)22-12-9-15-32(18-22)25(33)21-11-8-10-20(16-21)19-36-27-29-23(28(2,3)4)17-24(30-27)31-13-6-7-14-31/h8,10-11,16-17,22H,5-7,9,12-15,18-19H2,1-4H3/t22-/m1/s1. The number of anilines is 1. The van der Waals surface area contributed by atoms with Crippen molar-refractivity contribution in [2.75, 3.05) is 37.7 Å².